The van der Waals surface area contributed by atoms with Crippen LogP contribution in [0, 0.1) is 3.57 Å². The molecule has 0 aliphatic carbocycles. The summed E-state index contributed by atoms with van der Waals surface area (Å²) >= 11 is 2.06. The summed E-state index contributed by atoms with van der Waals surface area (Å²) in [6.45, 7) is -1.35. The lowest BCUT2D eigenvalue weighted by Gasteiger charge is -2.09. The highest BCUT2D eigenvalue weighted by molar-refractivity contribution is 14.1. The van der Waals surface area contributed by atoms with Crippen LogP contribution in [0.15, 0.2) is 48.5 Å². The van der Waals surface area contributed by atoms with Crippen LogP contribution in [-0.2, 0) is 11.2 Å². The predicted octanol–water partition coefficient (Wildman–Crippen LogP) is 3.76. The maximum absolute atomic E-state index is 12.2. The Bertz CT molecular complexity index is 761. The summed E-state index contributed by atoms with van der Waals surface area (Å²) in [5.74, 6) is -0.978. The van der Waals surface area contributed by atoms with Crippen LogP contribution in [0.5, 0.6) is 0 Å². The van der Waals surface area contributed by atoms with E-state index in [0.717, 1.165) is 3.57 Å². The van der Waals surface area contributed by atoms with Gasteiger partial charge in [-0.05, 0) is 52.4 Å². The van der Waals surface area contributed by atoms with Crippen molar-refractivity contribution in [2.45, 2.75) is 12.6 Å². The molecule has 132 valence electrons. The van der Waals surface area contributed by atoms with Crippen LogP contribution in [-0.4, -0.2) is 24.5 Å². The fourth-order valence-electron chi connectivity index (χ4n) is 2.00. The van der Waals surface area contributed by atoms with Gasteiger partial charge < -0.3 is 10.6 Å². The molecule has 4 nitrogen and oxygen atoms in total. The molecule has 0 saturated carbocycles. The van der Waals surface area contributed by atoms with Gasteiger partial charge in [-0.25, -0.2) is 0 Å². The molecule has 0 aromatic heterocycles. The summed E-state index contributed by atoms with van der Waals surface area (Å²) in [6, 6.07) is 13.5. The number of carbonyl (C=O) groups is 2. The van der Waals surface area contributed by atoms with Crippen molar-refractivity contribution in [2.75, 3.05) is 11.9 Å². The minimum absolute atomic E-state index is 0.166. The normalized spacial score (nSPS) is 11.0. The van der Waals surface area contributed by atoms with Crippen molar-refractivity contribution in [2.24, 2.45) is 0 Å². The van der Waals surface area contributed by atoms with E-state index >= 15 is 0 Å². The number of carbonyl (C=O) groups excluding carboxylic acids is 2. The molecule has 0 radical (unpaired) electrons. The van der Waals surface area contributed by atoms with Crippen molar-refractivity contribution in [3.63, 3.8) is 0 Å². The summed E-state index contributed by atoms with van der Waals surface area (Å²) in [5.41, 5.74) is 1.62. The number of nitrogens with one attached hydrogen (secondary N) is 2. The van der Waals surface area contributed by atoms with Crippen molar-refractivity contribution >= 4 is 40.1 Å². The minimum Gasteiger partial charge on any atom is -0.347 e. The first-order valence-corrected chi connectivity index (χ1v) is 8.31. The zero-order chi connectivity index (χ0) is 18.4. The van der Waals surface area contributed by atoms with E-state index in [4.69, 9.17) is 0 Å². The van der Waals surface area contributed by atoms with Crippen molar-refractivity contribution in [1.29, 1.82) is 0 Å². The second kappa shape index (κ2) is 8.32. The lowest BCUT2D eigenvalue weighted by atomic mass is 10.1. The number of alkyl halides is 3. The molecule has 0 atom stereocenters. The first-order chi connectivity index (χ1) is 11.7. The van der Waals surface area contributed by atoms with Gasteiger partial charge in [-0.1, -0.05) is 24.3 Å². The zero-order valence-electron chi connectivity index (χ0n) is 12.9. The summed E-state index contributed by atoms with van der Waals surface area (Å²) < 4.78 is 36.9. The molecule has 2 aromatic rings. The number of hydrogen-bond donors (Lipinski definition) is 2. The van der Waals surface area contributed by atoms with Crippen LogP contribution in [0.3, 0.4) is 0 Å². The number of hydrogen-bond acceptors (Lipinski definition) is 2. The van der Waals surface area contributed by atoms with Crippen LogP contribution in [0.25, 0.3) is 0 Å². The maximum atomic E-state index is 12.2. The summed E-state index contributed by atoms with van der Waals surface area (Å²) in [5, 5.41) is 4.54. The number of halogens is 4. The molecule has 0 aliphatic rings. The monoisotopic (exact) mass is 462 g/mol. The average molecular weight is 462 g/mol. The van der Waals surface area contributed by atoms with Gasteiger partial charge in [0, 0.05) is 9.26 Å². The third kappa shape index (κ3) is 6.37. The zero-order valence-corrected chi connectivity index (χ0v) is 15.0. The Labute approximate surface area is 155 Å². The van der Waals surface area contributed by atoms with Crippen LogP contribution in [0.1, 0.15) is 15.9 Å². The molecule has 0 unspecified atom stereocenters. The molecule has 8 heteroatoms. The van der Waals surface area contributed by atoms with Crippen molar-refractivity contribution < 1.29 is 22.8 Å². The van der Waals surface area contributed by atoms with Crippen molar-refractivity contribution in [1.82, 2.24) is 5.32 Å². The van der Waals surface area contributed by atoms with E-state index in [1.54, 1.807) is 36.4 Å². The summed E-state index contributed by atoms with van der Waals surface area (Å²) in [4.78, 5) is 23.7. The molecule has 0 aliphatic heterocycles. The van der Waals surface area contributed by atoms with E-state index in [-0.39, 0.29) is 12.3 Å². The second-order valence-corrected chi connectivity index (χ2v) is 6.36. The van der Waals surface area contributed by atoms with Gasteiger partial charge in [-0.15, -0.1) is 0 Å². The fraction of sp³-hybridized carbons (Fsp3) is 0.176. The van der Waals surface area contributed by atoms with Crippen molar-refractivity contribution in [3.8, 4) is 0 Å². The van der Waals surface area contributed by atoms with Gasteiger partial charge in [0.25, 0.3) is 5.91 Å². The van der Waals surface area contributed by atoms with Crippen LogP contribution in [0.4, 0.5) is 18.9 Å². The quantitative estimate of drug-likeness (QED) is 0.666. The van der Waals surface area contributed by atoms with Crippen LogP contribution < -0.4 is 10.6 Å². The molecular formula is C17H14F3IN2O2. The maximum Gasteiger partial charge on any atom is 0.405 e. The molecule has 2 amide bonds. The lowest BCUT2D eigenvalue weighted by molar-refractivity contribution is -0.138. The molecular weight excluding hydrogens is 448 g/mol. The Balaban J connectivity index is 1.93. The molecule has 0 heterocycles. The molecule has 0 spiro atoms. The highest BCUT2D eigenvalue weighted by atomic mass is 127. The Hall–Kier alpha value is -2.10. The molecule has 2 rings (SSSR count). The standard InChI is InChI=1S/C17H14F3IN2O2/c18-17(19,20)10-22-15(24)9-11-5-7-12(8-6-11)23-16(25)13-3-1-2-4-14(13)21/h1-8H,9-10H2,(H,22,24)(H,23,25). The van der Waals surface area contributed by atoms with Crippen LogP contribution >= 0.6 is 22.6 Å². The summed E-state index contributed by atoms with van der Waals surface area (Å²) in [6.07, 6.45) is -4.60. The topological polar surface area (TPSA) is 58.2 Å². The first-order valence-electron chi connectivity index (χ1n) is 7.23. The SMILES string of the molecule is O=C(Cc1ccc(NC(=O)c2ccccc2I)cc1)NCC(F)(F)F. The average Bonchev–Trinajstić information content (AvgIpc) is 2.54. The van der Waals surface area contributed by atoms with Gasteiger partial charge in [0.05, 0.1) is 12.0 Å². The van der Waals surface area contributed by atoms with E-state index < -0.39 is 18.6 Å². The second-order valence-electron chi connectivity index (χ2n) is 5.20. The van der Waals surface area contributed by atoms with Gasteiger partial charge in [-0.2, -0.15) is 13.2 Å². The Morgan fingerprint density at radius 2 is 1.64 bits per heavy atom. The Morgan fingerprint density at radius 1 is 1.00 bits per heavy atom. The van der Waals surface area contributed by atoms with E-state index in [0.29, 0.717) is 16.8 Å². The predicted molar refractivity (Wildman–Crippen MR) is 96.3 cm³/mol. The molecule has 0 fully saturated rings. The smallest absolute Gasteiger partial charge is 0.347 e. The lowest BCUT2D eigenvalue weighted by Crippen LogP contribution is -2.34. The van der Waals surface area contributed by atoms with Gasteiger partial charge in [-0.3, -0.25) is 9.59 Å². The first kappa shape index (κ1) is 19.2. The molecule has 25 heavy (non-hydrogen) atoms. The Morgan fingerprint density at radius 3 is 2.24 bits per heavy atom. The Kier molecular flexibility index (Phi) is 6.40. The third-order valence-electron chi connectivity index (χ3n) is 3.18. The van der Waals surface area contributed by atoms with Crippen molar-refractivity contribution in [3.05, 3.63) is 63.2 Å². The molecule has 0 saturated heterocycles. The van der Waals surface area contributed by atoms with E-state index in [1.807, 2.05) is 17.4 Å². The highest BCUT2D eigenvalue weighted by Crippen LogP contribution is 2.16. The minimum atomic E-state index is -4.43. The van der Waals surface area contributed by atoms with Gasteiger partial charge in [0.15, 0.2) is 0 Å². The van der Waals surface area contributed by atoms with E-state index in [1.165, 1.54) is 0 Å². The fourth-order valence-corrected chi connectivity index (χ4v) is 2.63. The number of benzene rings is 2. The molecule has 0 bridgehead atoms. The highest BCUT2D eigenvalue weighted by Gasteiger charge is 2.27. The van der Waals surface area contributed by atoms with E-state index in [2.05, 4.69) is 27.9 Å². The summed E-state index contributed by atoms with van der Waals surface area (Å²) in [7, 11) is 0. The van der Waals surface area contributed by atoms with Gasteiger partial charge >= 0.3 is 6.18 Å². The largest absolute Gasteiger partial charge is 0.405 e. The van der Waals surface area contributed by atoms with Gasteiger partial charge in [0.2, 0.25) is 5.91 Å². The number of amides is 2. The van der Waals surface area contributed by atoms with E-state index in [9.17, 15) is 22.8 Å². The number of rotatable bonds is 5. The third-order valence-corrected chi connectivity index (χ3v) is 4.12. The van der Waals surface area contributed by atoms with Crippen LogP contribution in [0.2, 0.25) is 0 Å². The molecule has 2 N–H and O–H groups in total. The van der Waals surface area contributed by atoms with Gasteiger partial charge in [0.1, 0.15) is 6.54 Å². The molecule has 2 aromatic carbocycles. The number of anilines is 1.